The molecule has 1 heterocycles. The average Bonchev–Trinajstić information content (AvgIpc) is 2.66. The van der Waals surface area contributed by atoms with Crippen LogP contribution >= 0.6 is 0 Å². The molecule has 0 unspecified atom stereocenters. The first-order valence-corrected chi connectivity index (χ1v) is 9.33. The van der Waals surface area contributed by atoms with E-state index in [2.05, 4.69) is 15.1 Å². The van der Waals surface area contributed by atoms with Crippen molar-refractivity contribution in [2.24, 2.45) is 0 Å². The number of nitrogens with one attached hydrogen (secondary N) is 1. The summed E-state index contributed by atoms with van der Waals surface area (Å²) >= 11 is 0. The zero-order chi connectivity index (χ0) is 19.1. The summed E-state index contributed by atoms with van der Waals surface area (Å²) in [5.41, 5.74) is 1.83. The van der Waals surface area contributed by atoms with E-state index in [1.54, 1.807) is 0 Å². The van der Waals surface area contributed by atoms with Crippen molar-refractivity contribution in [1.29, 1.82) is 0 Å². The molecule has 0 saturated carbocycles. The Morgan fingerprint density at radius 3 is 2.56 bits per heavy atom. The van der Waals surface area contributed by atoms with Crippen LogP contribution < -0.4 is 15.0 Å². The van der Waals surface area contributed by atoms with Crippen LogP contribution in [0.4, 0.5) is 15.8 Å². The van der Waals surface area contributed by atoms with Crippen molar-refractivity contribution in [2.45, 2.75) is 13.3 Å². The number of hydrogen-bond donors (Lipinski definition) is 1. The molecule has 0 atom stereocenters. The van der Waals surface area contributed by atoms with Gasteiger partial charge in [-0.25, -0.2) is 4.39 Å². The highest BCUT2D eigenvalue weighted by atomic mass is 19.1. The van der Waals surface area contributed by atoms with E-state index in [-0.39, 0.29) is 11.7 Å². The minimum absolute atomic E-state index is 0.0908. The Labute approximate surface area is 159 Å². The van der Waals surface area contributed by atoms with Crippen LogP contribution in [0.3, 0.4) is 0 Å². The molecule has 1 N–H and O–H groups in total. The molecule has 1 fully saturated rings. The van der Waals surface area contributed by atoms with Crippen molar-refractivity contribution in [3.05, 3.63) is 54.3 Å². The predicted octanol–water partition coefficient (Wildman–Crippen LogP) is 3.38. The molecule has 0 aliphatic carbocycles. The summed E-state index contributed by atoms with van der Waals surface area (Å²) in [6, 6.07) is 14.2. The number of hydrogen-bond acceptors (Lipinski definition) is 4. The maximum Gasteiger partial charge on any atom is 0.221 e. The van der Waals surface area contributed by atoms with E-state index in [4.69, 9.17) is 4.74 Å². The molecule has 6 heteroatoms. The number of carbonyl (C=O) groups excluding carboxylic acids is 1. The summed E-state index contributed by atoms with van der Waals surface area (Å²) in [7, 11) is 0. The highest BCUT2D eigenvalue weighted by Gasteiger charge is 2.16. The maximum absolute atomic E-state index is 13.0. The number of carbonyl (C=O) groups is 1. The van der Waals surface area contributed by atoms with Crippen LogP contribution in [0.15, 0.2) is 48.5 Å². The van der Waals surface area contributed by atoms with Crippen molar-refractivity contribution >= 4 is 17.3 Å². The lowest BCUT2D eigenvalue weighted by molar-refractivity contribution is -0.114. The Bertz CT molecular complexity index is 743. The number of nitrogens with zero attached hydrogens (tertiary/aromatic N) is 2. The molecule has 3 rings (SSSR count). The number of ether oxygens (including phenoxy) is 1. The van der Waals surface area contributed by atoms with E-state index in [0.717, 1.165) is 56.3 Å². The Morgan fingerprint density at radius 1 is 1.11 bits per heavy atom. The summed E-state index contributed by atoms with van der Waals surface area (Å²) in [5.74, 6) is 0.481. The molecule has 1 saturated heterocycles. The second-order valence-electron chi connectivity index (χ2n) is 6.72. The number of piperazine rings is 1. The first kappa shape index (κ1) is 19.2. The van der Waals surface area contributed by atoms with Gasteiger partial charge in [0, 0.05) is 57.1 Å². The summed E-state index contributed by atoms with van der Waals surface area (Å²) in [4.78, 5) is 15.8. The van der Waals surface area contributed by atoms with Gasteiger partial charge >= 0.3 is 0 Å². The monoisotopic (exact) mass is 371 g/mol. The number of rotatable bonds is 7. The van der Waals surface area contributed by atoms with E-state index in [0.29, 0.717) is 6.61 Å². The summed E-state index contributed by atoms with van der Waals surface area (Å²) < 4.78 is 18.8. The molecule has 27 heavy (non-hydrogen) atoms. The van der Waals surface area contributed by atoms with Crippen LogP contribution in [-0.4, -0.2) is 50.1 Å². The Hall–Kier alpha value is -2.60. The molecular formula is C21H26FN3O2. The molecule has 0 bridgehead atoms. The quantitative estimate of drug-likeness (QED) is 0.758. The van der Waals surface area contributed by atoms with Crippen molar-refractivity contribution in [2.75, 3.05) is 49.5 Å². The number of halogens is 1. The molecule has 0 radical (unpaired) electrons. The first-order valence-electron chi connectivity index (χ1n) is 9.33. The smallest absolute Gasteiger partial charge is 0.221 e. The topological polar surface area (TPSA) is 44.8 Å². The fourth-order valence-corrected chi connectivity index (χ4v) is 3.23. The lowest BCUT2D eigenvalue weighted by atomic mass is 10.2. The highest BCUT2D eigenvalue weighted by molar-refractivity contribution is 5.88. The minimum atomic E-state index is -0.194. The van der Waals surface area contributed by atoms with Gasteiger partial charge in [-0.15, -0.1) is 0 Å². The maximum atomic E-state index is 13.0. The normalized spacial score (nSPS) is 14.8. The molecule has 144 valence electrons. The van der Waals surface area contributed by atoms with E-state index in [9.17, 15) is 9.18 Å². The van der Waals surface area contributed by atoms with E-state index >= 15 is 0 Å². The number of anilines is 2. The fourth-order valence-electron chi connectivity index (χ4n) is 3.23. The Balaban J connectivity index is 1.36. The van der Waals surface area contributed by atoms with Gasteiger partial charge in [-0.3, -0.25) is 9.69 Å². The standard InChI is InChI=1S/C21H26FN3O2/c1-17(26)23-19-4-2-5-21(16-19)27-15-3-10-24-11-13-25(14-12-24)20-8-6-18(22)7-9-20/h2,4-9,16H,3,10-15H2,1H3,(H,23,26). The van der Waals surface area contributed by atoms with Gasteiger partial charge in [0.05, 0.1) is 6.61 Å². The number of benzene rings is 2. The van der Waals surface area contributed by atoms with Crippen LogP contribution in [0, 0.1) is 5.82 Å². The highest BCUT2D eigenvalue weighted by Crippen LogP contribution is 2.18. The predicted molar refractivity (Wildman–Crippen MR) is 106 cm³/mol. The van der Waals surface area contributed by atoms with Crippen molar-refractivity contribution in [3.8, 4) is 5.75 Å². The van der Waals surface area contributed by atoms with Crippen LogP contribution in [0.5, 0.6) is 5.75 Å². The minimum Gasteiger partial charge on any atom is -0.493 e. The van der Waals surface area contributed by atoms with Crippen LogP contribution in [0.1, 0.15) is 13.3 Å². The van der Waals surface area contributed by atoms with Crippen molar-refractivity contribution in [3.63, 3.8) is 0 Å². The van der Waals surface area contributed by atoms with E-state index in [1.807, 2.05) is 36.4 Å². The third-order valence-electron chi connectivity index (χ3n) is 4.61. The molecule has 0 spiro atoms. The third kappa shape index (κ3) is 5.96. The van der Waals surface area contributed by atoms with E-state index < -0.39 is 0 Å². The van der Waals surface area contributed by atoms with Gasteiger partial charge < -0.3 is 15.0 Å². The molecule has 0 aromatic heterocycles. The lowest BCUT2D eigenvalue weighted by Gasteiger charge is -2.36. The summed E-state index contributed by atoms with van der Waals surface area (Å²) in [6.45, 7) is 7.01. The molecule has 1 amide bonds. The van der Waals surface area contributed by atoms with Crippen molar-refractivity contribution in [1.82, 2.24) is 4.90 Å². The van der Waals surface area contributed by atoms with Crippen LogP contribution in [0.2, 0.25) is 0 Å². The van der Waals surface area contributed by atoms with Crippen LogP contribution in [-0.2, 0) is 4.79 Å². The first-order chi connectivity index (χ1) is 13.1. The Morgan fingerprint density at radius 2 is 1.85 bits per heavy atom. The van der Waals surface area contributed by atoms with Gasteiger partial charge in [-0.1, -0.05) is 6.07 Å². The van der Waals surface area contributed by atoms with Gasteiger partial charge in [-0.05, 0) is 42.8 Å². The molecule has 1 aliphatic heterocycles. The second kappa shape index (κ2) is 9.37. The third-order valence-corrected chi connectivity index (χ3v) is 4.61. The second-order valence-corrected chi connectivity index (χ2v) is 6.72. The molecule has 5 nitrogen and oxygen atoms in total. The molecule has 1 aliphatic rings. The van der Waals surface area contributed by atoms with Gasteiger partial charge in [0.25, 0.3) is 0 Å². The van der Waals surface area contributed by atoms with Gasteiger partial charge in [0.2, 0.25) is 5.91 Å². The zero-order valence-corrected chi connectivity index (χ0v) is 15.7. The zero-order valence-electron chi connectivity index (χ0n) is 15.7. The largest absolute Gasteiger partial charge is 0.493 e. The van der Waals surface area contributed by atoms with Crippen molar-refractivity contribution < 1.29 is 13.9 Å². The molecule has 2 aromatic rings. The van der Waals surface area contributed by atoms with Gasteiger partial charge in [0.1, 0.15) is 11.6 Å². The fraction of sp³-hybridized carbons (Fsp3) is 0.381. The Kier molecular flexibility index (Phi) is 6.65. The lowest BCUT2D eigenvalue weighted by Crippen LogP contribution is -2.46. The summed E-state index contributed by atoms with van der Waals surface area (Å²) in [5, 5.41) is 2.76. The van der Waals surface area contributed by atoms with Crippen LogP contribution in [0.25, 0.3) is 0 Å². The van der Waals surface area contributed by atoms with E-state index in [1.165, 1.54) is 19.1 Å². The van der Waals surface area contributed by atoms with Gasteiger partial charge in [-0.2, -0.15) is 0 Å². The van der Waals surface area contributed by atoms with Gasteiger partial charge in [0.15, 0.2) is 0 Å². The summed E-state index contributed by atoms with van der Waals surface area (Å²) in [6.07, 6.45) is 0.945. The molecule has 2 aromatic carbocycles. The number of amides is 1. The molecular weight excluding hydrogens is 345 g/mol. The average molecular weight is 371 g/mol. The SMILES string of the molecule is CC(=O)Nc1cccc(OCCCN2CCN(c3ccc(F)cc3)CC2)c1.